The molecular formula is C6H16O3S. The summed E-state index contributed by atoms with van der Waals surface area (Å²) in [4.78, 5) is 0. The molecule has 0 bridgehead atoms. The molecular weight excluding hydrogens is 152 g/mol. The zero-order valence-electron chi connectivity index (χ0n) is 5.95. The fourth-order valence-electron chi connectivity index (χ4n) is 0.583. The summed E-state index contributed by atoms with van der Waals surface area (Å²) < 4.78 is 0. The number of aliphatic hydroxyl groups excluding tert-OH is 3. The summed E-state index contributed by atoms with van der Waals surface area (Å²) in [6.07, 6.45) is 1.46. The summed E-state index contributed by atoms with van der Waals surface area (Å²) in [6, 6.07) is 0. The molecule has 0 saturated carbocycles. The van der Waals surface area contributed by atoms with E-state index in [9.17, 15) is 0 Å². The molecule has 1 atom stereocenters. The molecule has 0 heterocycles. The SMILES string of the molecule is OCCCCC(O)CO.S. The zero-order chi connectivity index (χ0) is 7.11. The molecule has 4 heteroatoms. The van der Waals surface area contributed by atoms with Crippen LogP contribution < -0.4 is 0 Å². The Morgan fingerprint density at radius 1 is 1.10 bits per heavy atom. The standard InChI is InChI=1S/C6H14O3.H2S/c7-4-2-1-3-6(9)5-8;/h6-9H,1-5H2;1H2. The van der Waals surface area contributed by atoms with Crippen LogP contribution in [0.4, 0.5) is 0 Å². The Hall–Kier alpha value is 0.230. The van der Waals surface area contributed by atoms with E-state index in [2.05, 4.69) is 0 Å². The van der Waals surface area contributed by atoms with Crippen molar-refractivity contribution in [2.45, 2.75) is 25.4 Å². The van der Waals surface area contributed by atoms with Crippen molar-refractivity contribution in [1.82, 2.24) is 0 Å². The monoisotopic (exact) mass is 168 g/mol. The molecule has 0 aliphatic carbocycles. The Morgan fingerprint density at radius 3 is 2.10 bits per heavy atom. The van der Waals surface area contributed by atoms with Crippen molar-refractivity contribution in [1.29, 1.82) is 0 Å². The molecule has 0 aliphatic heterocycles. The number of rotatable bonds is 5. The van der Waals surface area contributed by atoms with Gasteiger partial charge in [-0.2, -0.15) is 13.5 Å². The quantitative estimate of drug-likeness (QED) is 0.490. The van der Waals surface area contributed by atoms with Gasteiger partial charge in [0.1, 0.15) is 0 Å². The highest BCUT2D eigenvalue weighted by atomic mass is 32.1. The average Bonchev–Trinajstić information content (AvgIpc) is 1.89. The molecule has 64 valence electrons. The van der Waals surface area contributed by atoms with Crippen LogP contribution in [0.5, 0.6) is 0 Å². The van der Waals surface area contributed by atoms with Crippen LogP contribution in [0.25, 0.3) is 0 Å². The van der Waals surface area contributed by atoms with E-state index >= 15 is 0 Å². The van der Waals surface area contributed by atoms with Crippen molar-refractivity contribution < 1.29 is 15.3 Å². The fraction of sp³-hybridized carbons (Fsp3) is 1.00. The Bertz CT molecular complexity index is 61.0. The van der Waals surface area contributed by atoms with E-state index in [-0.39, 0.29) is 26.7 Å². The third-order valence-corrected chi connectivity index (χ3v) is 1.16. The maximum atomic E-state index is 8.75. The molecule has 0 amide bonds. The Balaban J connectivity index is 0. The topological polar surface area (TPSA) is 60.7 Å². The highest BCUT2D eigenvalue weighted by Gasteiger charge is 1.99. The largest absolute Gasteiger partial charge is 0.396 e. The second-order valence-electron chi connectivity index (χ2n) is 2.06. The van der Waals surface area contributed by atoms with Crippen molar-refractivity contribution >= 4 is 13.5 Å². The van der Waals surface area contributed by atoms with Crippen LogP contribution in [-0.4, -0.2) is 34.6 Å². The predicted molar refractivity (Wildman–Crippen MR) is 44.4 cm³/mol. The van der Waals surface area contributed by atoms with E-state index in [0.717, 1.165) is 6.42 Å². The van der Waals surface area contributed by atoms with Crippen molar-refractivity contribution in [2.24, 2.45) is 0 Å². The number of unbranched alkanes of at least 4 members (excludes halogenated alkanes) is 1. The maximum Gasteiger partial charge on any atom is 0.0771 e. The molecule has 0 aromatic rings. The van der Waals surface area contributed by atoms with Crippen LogP contribution in [0.1, 0.15) is 19.3 Å². The molecule has 0 rings (SSSR count). The third kappa shape index (κ3) is 8.23. The van der Waals surface area contributed by atoms with Gasteiger partial charge in [-0.05, 0) is 19.3 Å². The molecule has 0 aliphatic rings. The minimum absolute atomic E-state index is 0. The Kier molecular flexibility index (Phi) is 11.9. The van der Waals surface area contributed by atoms with Gasteiger partial charge in [-0.25, -0.2) is 0 Å². The van der Waals surface area contributed by atoms with Crippen LogP contribution in [0, 0.1) is 0 Å². The first-order valence-electron chi connectivity index (χ1n) is 3.21. The fourth-order valence-corrected chi connectivity index (χ4v) is 0.583. The first-order chi connectivity index (χ1) is 4.31. The number of aliphatic hydroxyl groups is 3. The van der Waals surface area contributed by atoms with Crippen LogP contribution >= 0.6 is 13.5 Å². The van der Waals surface area contributed by atoms with Gasteiger partial charge in [-0.1, -0.05) is 0 Å². The maximum absolute atomic E-state index is 8.75. The van der Waals surface area contributed by atoms with Crippen molar-refractivity contribution in [3.63, 3.8) is 0 Å². The smallest absolute Gasteiger partial charge is 0.0771 e. The lowest BCUT2D eigenvalue weighted by Crippen LogP contribution is -2.11. The van der Waals surface area contributed by atoms with E-state index in [1.54, 1.807) is 0 Å². The number of hydrogen-bond acceptors (Lipinski definition) is 3. The van der Waals surface area contributed by atoms with E-state index < -0.39 is 6.10 Å². The summed E-state index contributed by atoms with van der Waals surface area (Å²) in [5, 5.41) is 25.4. The Morgan fingerprint density at radius 2 is 1.70 bits per heavy atom. The molecule has 0 fully saturated rings. The van der Waals surface area contributed by atoms with Gasteiger partial charge in [0.25, 0.3) is 0 Å². The Labute approximate surface area is 68.1 Å². The molecule has 10 heavy (non-hydrogen) atoms. The lowest BCUT2D eigenvalue weighted by molar-refractivity contribution is 0.0848. The summed E-state index contributed by atoms with van der Waals surface area (Å²) in [6.45, 7) is -0.0103. The van der Waals surface area contributed by atoms with E-state index in [4.69, 9.17) is 15.3 Å². The molecule has 0 aromatic heterocycles. The summed E-state index contributed by atoms with van der Waals surface area (Å²) in [7, 11) is 0. The van der Waals surface area contributed by atoms with Gasteiger partial charge >= 0.3 is 0 Å². The van der Waals surface area contributed by atoms with E-state index in [0.29, 0.717) is 12.8 Å². The van der Waals surface area contributed by atoms with Gasteiger partial charge in [-0.15, -0.1) is 0 Å². The zero-order valence-corrected chi connectivity index (χ0v) is 6.95. The van der Waals surface area contributed by atoms with Gasteiger partial charge in [0, 0.05) is 6.61 Å². The first kappa shape index (κ1) is 12.9. The highest BCUT2D eigenvalue weighted by molar-refractivity contribution is 7.59. The predicted octanol–water partition coefficient (Wildman–Crippen LogP) is -0.385. The van der Waals surface area contributed by atoms with Crippen LogP contribution in [0.2, 0.25) is 0 Å². The van der Waals surface area contributed by atoms with E-state index in [1.165, 1.54) is 0 Å². The van der Waals surface area contributed by atoms with Crippen molar-refractivity contribution in [3.8, 4) is 0 Å². The molecule has 0 saturated heterocycles. The summed E-state index contributed by atoms with van der Waals surface area (Å²) in [5.41, 5.74) is 0. The van der Waals surface area contributed by atoms with Gasteiger partial charge in [0.2, 0.25) is 0 Å². The summed E-state index contributed by atoms with van der Waals surface area (Å²) in [5.74, 6) is 0. The van der Waals surface area contributed by atoms with Gasteiger partial charge < -0.3 is 15.3 Å². The lowest BCUT2D eigenvalue weighted by Gasteiger charge is -2.03. The second-order valence-corrected chi connectivity index (χ2v) is 2.06. The second kappa shape index (κ2) is 9.23. The highest BCUT2D eigenvalue weighted by Crippen LogP contribution is 1.98. The molecule has 0 aromatic carbocycles. The molecule has 3 nitrogen and oxygen atoms in total. The van der Waals surface area contributed by atoms with Crippen molar-refractivity contribution in [2.75, 3.05) is 13.2 Å². The molecule has 1 unspecified atom stereocenters. The van der Waals surface area contributed by atoms with E-state index in [1.807, 2.05) is 0 Å². The molecule has 3 N–H and O–H groups in total. The van der Waals surface area contributed by atoms with Gasteiger partial charge in [-0.3, -0.25) is 0 Å². The molecule has 0 radical (unpaired) electrons. The average molecular weight is 168 g/mol. The van der Waals surface area contributed by atoms with Crippen LogP contribution in [0.3, 0.4) is 0 Å². The lowest BCUT2D eigenvalue weighted by atomic mass is 10.2. The van der Waals surface area contributed by atoms with Crippen LogP contribution in [0.15, 0.2) is 0 Å². The van der Waals surface area contributed by atoms with Gasteiger partial charge in [0.05, 0.1) is 12.7 Å². The summed E-state index contributed by atoms with van der Waals surface area (Å²) >= 11 is 0. The van der Waals surface area contributed by atoms with Crippen molar-refractivity contribution in [3.05, 3.63) is 0 Å². The minimum Gasteiger partial charge on any atom is -0.396 e. The third-order valence-electron chi connectivity index (χ3n) is 1.16. The number of hydrogen-bond donors (Lipinski definition) is 3. The normalized spacial score (nSPS) is 12.3. The minimum atomic E-state index is -0.600. The van der Waals surface area contributed by atoms with Gasteiger partial charge in [0.15, 0.2) is 0 Å². The van der Waals surface area contributed by atoms with Crippen LogP contribution in [-0.2, 0) is 0 Å². The first-order valence-corrected chi connectivity index (χ1v) is 3.21. The molecule has 0 spiro atoms.